The van der Waals surface area contributed by atoms with Crippen LogP contribution in [0.15, 0.2) is 6.07 Å². The first kappa shape index (κ1) is 13.2. The third kappa shape index (κ3) is 3.92. The maximum atomic E-state index is 5.33. The first-order valence-corrected chi connectivity index (χ1v) is 6.66. The number of morpholine rings is 1. The number of rotatable bonds is 5. The molecule has 1 aromatic heterocycles. The van der Waals surface area contributed by atoms with Gasteiger partial charge in [0.15, 0.2) is 0 Å². The molecule has 0 saturated carbocycles. The monoisotopic (exact) mass is 250 g/mol. The van der Waals surface area contributed by atoms with Gasteiger partial charge in [-0.15, -0.1) is 0 Å². The van der Waals surface area contributed by atoms with Crippen molar-refractivity contribution in [3.8, 4) is 0 Å². The molecule has 0 radical (unpaired) electrons. The Kier molecular flexibility index (Phi) is 4.90. The van der Waals surface area contributed by atoms with Gasteiger partial charge in [0, 0.05) is 37.9 Å². The molecule has 0 aromatic carbocycles. The van der Waals surface area contributed by atoms with Crippen molar-refractivity contribution in [2.45, 2.75) is 20.3 Å². The summed E-state index contributed by atoms with van der Waals surface area (Å²) in [6.07, 6.45) is 0.946. The van der Waals surface area contributed by atoms with Crippen LogP contribution in [0.25, 0.3) is 0 Å². The molecule has 1 aromatic rings. The van der Waals surface area contributed by atoms with Gasteiger partial charge in [0.25, 0.3) is 0 Å². The fourth-order valence-corrected chi connectivity index (χ4v) is 2.07. The summed E-state index contributed by atoms with van der Waals surface area (Å²) in [7, 11) is 0. The molecule has 1 saturated heterocycles. The summed E-state index contributed by atoms with van der Waals surface area (Å²) in [5.41, 5.74) is 1.09. The van der Waals surface area contributed by atoms with Gasteiger partial charge in [0.1, 0.15) is 11.6 Å². The molecule has 0 aliphatic carbocycles. The number of ether oxygens (including phenoxy) is 1. The Morgan fingerprint density at radius 1 is 1.33 bits per heavy atom. The summed E-state index contributed by atoms with van der Waals surface area (Å²) in [6.45, 7) is 9.77. The second kappa shape index (κ2) is 6.66. The average molecular weight is 250 g/mol. The Bertz CT molecular complexity index is 377. The van der Waals surface area contributed by atoms with E-state index in [1.54, 1.807) is 0 Å². The van der Waals surface area contributed by atoms with E-state index in [-0.39, 0.29) is 0 Å². The number of aryl methyl sites for hydroxylation is 2. The van der Waals surface area contributed by atoms with Crippen molar-refractivity contribution in [1.82, 2.24) is 14.9 Å². The highest BCUT2D eigenvalue weighted by Gasteiger charge is 2.09. The Labute approximate surface area is 109 Å². The molecule has 5 heteroatoms. The van der Waals surface area contributed by atoms with Gasteiger partial charge in [-0.2, -0.15) is 0 Å². The molecule has 2 heterocycles. The minimum atomic E-state index is 0.836. The van der Waals surface area contributed by atoms with Crippen LogP contribution in [-0.2, 0) is 11.2 Å². The highest BCUT2D eigenvalue weighted by atomic mass is 16.5. The van der Waals surface area contributed by atoms with E-state index in [0.29, 0.717) is 0 Å². The van der Waals surface area contributed by atoms with Crippen molar-refractivity contribution in [2.24, 2.45) is 0 Å². The summed E-state index contributed by atoms with van der Waals surface area (Å²) < 4.78 is 5.33. The molecule has 0 atom stereocenters. The fourth-order valence-electron chi connectivity index (χ4n) is 2.07. The van der Waals surface area contributed by atoms with E-state index < -0.39 is 0 Å². The van der Waals surface area contributed by atoms with E-state index >= 15 is 0 Å². The van der Waals surface area contributed by atoms with Crippen molar-refractivity contribution < 1.29 is 4.74 Å². The third-order valence-electron chi connectivity index (χ3n) is 3.09. The molecule has 1 aliphatic heterocycles. The van der Waals surface area contributed by atoms with Gasteiger partial charge >= 0.3 is 0 Å². The van der Waals surface area contributed by atoms with Gasteiger partial charge in [-0.25, -0.2) is 9.97 Å². The molecule has 0 bridgehead atoms. The second-order valence-corrected chi connectivity index (χ2v) is 4.53. The number of aromatic nitrogens is 2. The minimum Gasteiger partial charge on any atom is -0.379 e. The van der Waals surface area contributed by atoms with Gasteiger partial charge in [-0.05, 0) is 13.3 Å². The lowest BCUT2D eigenvalue weighted by atomic mass is 10.3. The van der Waals surface area contributed by atoms with Crippen LogP contribution in [0, 0.1) is 6.92 Å². The smallest absolute Gasteiger partial charge is 0.129 e. The van der Waals surface area contributed by atoms with Gasteiger partial charge in [-0.1, -0.05) is 6.92 Å². The van der Waals surface area contributed by atoms with Crippen LogP contribution < -0.4 is 5.32 Å². The van der Waals surface area contributed by atoms with Crippen LogP contribution in [0.3, 0.4) is 0 Å². The van der Waals surface area contributed by atoms with Gasteiger partial charge in [0.2, 0.25) is 0 Å². The lowest BCUT2D eigenvalue weighted by molar-refractivity contribution is 0.0398. The highest BCUT2D eigenvalue weighted by Crippen LogP contribution is 2.07. The molecule has 18 heavy (non-hydrogen) atoms. The molecular weight excluding hydrogens is 228 g/mol. The van der Waals surface area contributed by atoms with Crippen LogP contribution in [0.5, 0.6) is 0 Å². The zero-order valence-electron chi connectivity index (χ0n) is 11.3. The number of anilines is 1. The summed E-state index contributed by atoms with van der Waals surface area (Å²) in [5.74, 6) is 1.77. The van der Waals surface area contributed by atoms with E-state index in [9.17, 15) is 0 Å². The lowest BCUT2D eigenvalue weighted by Gasteiger charge is -2.26. The third-order valence-corrected chi connectivity index (χ3v) is 3.09. The van der Waals surface area contributed by atoms with Crippen LogP contribution in [0.4, 0.5) is 5.82 Å². The van der Waals surface area contributed by atoms with Crippen LogP contribution in [0.1, 0.15) is 18.4 Å². The normalized spacial score (nSPS) is 16.8. The molecule has 2 rings (SSSR count). The Morgan fingerprint density at radius 2 is 2.11 bits per heavy atom. The zero-order chi connectivity index (χ0) is 12.8. The van der Waals surface area contributed by atoms with Gasteiger partial charge in [0.05, 0.1) is 13.2 Å². The zero-order valence-corrected chi connectivity index (χ0v) is 11.3. The van der Waals surface area contributed by atoms with Gasteiger partial charge in [-0.3, -0.25) is 4.90 Å². The highest BCUT2D eigenvalue weighted by molar-refractivity contribution is 5.35. The maximum absolute atomic E-state index is 5.33. The predicted octanol–water partition coefficient (Wildman–Crippen LogP) is 1.09. The van der Waals surface area contributed by atoms with E-state index in [1.165, 1.54) is 0 Å². The average Bonchev–Trinajstić information content (AvgIpc) is 2.39. The molecule has 0 amide bonds. The Hall–Kier alpha value is -1.20. The Morgan fingerprint density at radius 3 is 2.83 bits per heavy atom. The number of hydrogen-bond acceptors (Lipinski definition) is 5. The number of nitrogens with zero attached hydrogens (tertiary/aromatic N) is 3. The van der Waals surface area contributed by atoms with E-state index in [1.807, 2.05) is 13.0 Å². The topological polar surface area (TPSA) is 50.3 Å². The SMILES string of the molecule is CCc1cc(NCCN2CCOCC2)nc(C)n1. The number of hydrogen-bond donors (Lipinski definition) is 1. The molecule has 100 valence electrons. The summed E-state index contributed by atoms with van der Waals surface area (Å²) >= 11 is 0. The van der Waals surface area contributed by atoms with Crippen LogP contribution in [-0.4, -0.2) is 54.3 Å². The molecule has 1 fully saturated rings. The molecule has 0 spiro atoms. The maximum Gasteiger partial charge on any atom is 0.129 e. The van der Waals surface area contributed by atoms with Crippen LogP contribution in [0.2, 0.25) is 0 Å². The predicted molar refractivity (Wildman–Crippen MR) is 71.9 cm³/mol. The summed E-state index contributed by atoms with van der Waals surface area (Å²) in [5, 5.41) is 3.37. The van der Waals surface area contributed by atoms with Gasteiger partial charge < -0.3 is 10.1 Å². The first-order valence-electron chi connectivity index (χ1n) is 6.66. The molecule has 5 nitrogen and oxygen atoms in total. The molecule has 0 unspecified atom stereocenters. The minimum absolute atomic E-state index is 0.836. The van der Waals surface area contributed by atoms with Crippen LogP contribution >= 0.6 is 0 Å². The van der Waals surface area contributed by atoms with Crippen molar-refractivity contribution in [3.63, 3.8) is 0 Å². The van der Waals surface area contributed by atoms with Crippen molar-refractivity contribution in [2.75, 3.05) is 44.7 Å². The molecule has 1 aliphatic rings. The summed E-state index contributed by atoms with van der Waals surface area (Å²) in [4.78, 5) is 11.2. The number of nitrogens with one attached hydrogen (secondary N) is 1. The second-order valence-electron chi connectivity index (χ2n) is 4.53. The molecule has 1 N–H and O–H groups in total. The fraction of sp³-hybridized carbons (Fsp3) is 0.692. The quantitative estimate of drug-likeness (QED) is 0.848. The summed E-state index contributed by atoms with van der Waals surface area (Å²) in [6, 6.07) is 2.03. The van der Waals surface area contributed by atoms with Crippen molar-refractivity contribution in [1.29, 1.82) is 0 Å². The largest absolute Gasteiger partial charge is 0.379 e. The van der Waals surface area contributed by atoms with Crippen molar-refractivity contribution >= 4 is 5.82 Å². The Balaban J connectivity index is 1.80. The van der Waals surface area contributed by atoms with E-state index in [2.05, 4.69) is 27.1 Å². The standard InChI is InChI=1S/C13H22N4O/c1-3-12-10-13(16-11(2)15-12)14-4-5-17-6-8-18-9-7-17/h10H,3-9H2,1-2H3,(H,14,15,16). The van der Waals surface area contributed by atoms with E-state index in [4.69, 9.17) is 4.74 Å². The lowest BCUT2D eigenvalue weighted by Crippen LogP contribution is -2.39. The van der Waals surface area contributed by atoms with Crippen molar-refractivity contribution in [3.05, 3.63) is 17.6 Å². The molecular formula is C13H22N4O. The van der Waals surface area contributed by atoms with E-state index in [0.717, 1.165) is 63.1 Å². The first-order chi connectivity index (χ1) is 8.78.